The van der Waals surface area contributed by atoms with Gasteiger partial charge in [0.05, 0.1) is 11.5 Å². The van der Waals surface area contributed by atoms with Crippen LogP contribution in [0.3, 0.4) is 0 Å². The van der Waals surface area contributed by atoms with Crippen molar-refractivity contribution in [2.75, 3.05) is 6.54 Å². The Morgan fingerprint density at radius 1 is 1.31 bits per heavy atom. The number of carboxylic acids is 1. The molecule has 4 N–H and O–H groups in total. The Bertz CT molecular complexity index is 250. The lowest BCUT2D eigenvalue weighted by Gasteiger charge is -2.27. The molecule has 0 aromatic rings. The van der Waals surface area contributed by atoms with Crippen LogP contribution in [0.25, 0.3) is 0 Å². The van der Waals surface area contributed by atoms with Crippen LogP contribution in [0.1, 0.15) is 40.0 Å². The third kappa shape index (κ3) is 3.48. The second kappa shape index (κ2) is 6.48. The Hall–Kier alpha value is -1.10. The normalized spacial score (nSPS) is 13.2. The first kappa shape index (κ1) is 14.9. The van der Waals surface area contributed by atoms with E-state index in [0.29, 0.717) is 19.3 Å². The summed E-state index contributed by atoms with van der Waals surface area (Å²) in [4.78, 5) is 22.6. The second-order valence-corrected chi connectivity index (χ2v) is 4.03. The molecule has 5 heteroatoms. The van der Waals surface area contributed by atoms with Gasteiger partial charge in [0.15, 0.2) is 0 Å². The molecule has 0 spiro atoms. The maximum Gasteiger partial charge on any atom is 0.311 e. The average molecular weight is 230 g/mol. The number of amides is 1. The standard InChI is InChI=1S/C11H22N2O3/c1-4-8(12)9(14)13-7-11(5-2,6-3)10(15)16/h8H,4-7,12H2,1-3H3,(H,13,14)(H,15,16). The molecule has 0 radical (unpaired) electrons. The minimum absolute atomic E-state index is 0.141. The summed E-state index contributed by atoms with van der Waals surface area (Å²) in [6.45, 7) is 5.57. The number of nitrogens with one attached hydrogen (secondary N) is 1. The Morgan fingerprint density at radius 3 is 2.12 bits per heavy atom. The molecule has 5 nitrogen and oxygen atoms in total. The third-order valence-electron chi connectivity index (χ3n) is 3.18. The highest BCUT2D eigenvalue weighted by atomic mass is 16.4. The topological polar surface area (TPSA) is 92.4 Å². The Balaban J connectivity index is 4.44. The van der Waals surface area contributed by atoms with Crippen molar-refractivity contribution in [2.24, 2.45) is 11.1 Å². The molecule has 1 atom stereocenters. The molecule has 0 rings (SSSR count). The van der Waals surface area contributed by atoms with E-state index in [1.54, 1.807) is 0 Å². The number of hydrogen-bond acceptors (Lipinski definition) is 3. The average Bonchev–Trinajstić information content (AvgIpc) is 2.29. The summed E-state index contributed by atoms with van der Waals surface area (Å²) in [6.07, 6.45) is 1.52. The van der Waals surface area contributed by atoms with E-state index in [9.17, 15) is 9.59 Å². The van der Waals surface area contributed by atoms with Crippen molar-refractivity contribution in [1.82, 2.24) is 5.32 Å². The van der Waals surface area contributed by atoms with Crippen LogP contribution >= 0.6 is 0 Å². The van der Waals surface area contributed by atoms with E-state index in [2.05, 4.69) is 5.32 Å². The van der Waals surface area contributed by atoms with Crippen molar-refractivity contribution in [3.8, 4) is 0 Å². The number of rotatable bonds is 7. The number of nitrogens with two attached hydrogens (primary N) is 1. The Morgan fingerprint density at radius 2 is 1.81 bits per heavy atom. The van der Waals surface area contributed by atoms with Crippen molar-refractivity contribution in [3.05, 3.63) is 0 Å². The fourth-order valence-electron chi connectivity index (χ4n) is 1.45. The molecule has 0 heterocycles. The third-order valence-corrected chi connectivity index (χ3v) is 3.18. The molecular weight excluding hydrogens is 208 g/mol. The van der Waals surface area contributed by atoms with Gasteiger partial charge in [-0.15, -0.1) is 0 Å². The van der Waals surface area contributed by atoms with Gasteiger partial charge in [0.25, 0.3) is 0 Å². The highest BCUT2D eigenvalue weighted by Crippen LogP contribution is 2.25. The van der Waals surface area contributed by atoms with E-state index in [1.165, 1.54) is 0 Å². The van der Waals surface area contributed by atoms with E-state index < -0.39 is 17.4 Å². The number of carboxylic acid groups (broad SMARTS) is 1. The zero-order valence-corrected chi connectivity index (χ0v) is 10.2. The van der Waals surface area contributed by atoms with Crippen LogP contribution < -0.4 is 11.1 Å². The van der Waals surface area contributed by atoms with Crippen molar-refractivity contribution in [2.45, 2.75) is 46.1 Å². The summed E-state index contributed by atoms with van der Waals surface area (Å²) < 4.78 is 0. The summed E-state index contributed by atoms with van der Waals surface area (Å²) in [5.41, 5.74) is 4.67. The van der Waals surface area contributed by atoms with Crippen molar-refractivity contribution < 1.29 is 14.7 Å². The van der Waals surface area contributed by atoms with Gasteiger partial charge in [-0.25, -0.2) is 0 Å². The summed E-state index contributed by atoms with van der Waals surface area (Å²) in [6, 6.07) is -0.555. The maximum atomic E-state index is 11.4. The smallest absolute Gasteiger partial charge is 0.311 e. The van der Waals surface area contributed by atoms with Crippen LogP contribution in [0.5, 0.6) is 0 Å². The zero-order valence-electron chi connectivity index (χ0n) is 10.2. The van der Waals surface area contributed by atoms with Gasteiger partial charge in [0.1, 0.15) is 0 Å². The lowest BCUT2D eigenvalue weighted by atomic mass is 9.82. The van der Waals surface area contributed by atoms with Gasteiger partial charge in [0, 0.05) is 6.54 Å². The lowest BCUT2D eigenvalue weighted by Crippen LogP contribution is -2.47. The fraction of sp³-hybridized carbons (Fsp3) is 0.818. The first-order chi connectivity index (χ1) is 7.43. The second-order valence-electron chi connectivity index (χ2n) is 4.03. The maximum absolute atomic E-state index is 11.4. The highest BCUT2D eigenvalue weighted by molar-refractivity contribution is 5.82. The summed E-state index contributed by atoms with van der Waals surface area (Å²) in [5, 5.41) is 11.8. The highest BCUT2D eigenvalue weighted by Gasteiger charge is 2.35. The van der Waals surface area contributed by atoms with Crippen LogP contribution in [-0.4, -0.2) is 29.6 Å². The van der Waals surface area contributed by atoms with Gasteiger partial charge < -0.3 is 16.2 Å². The minimum Gasteiger partial charge on any atom is -0.481 e. The quantitative estimate of drug-likeness (QED) is 0.601. The molecule has 94 valence electrons. The molecule has 0 aliphatic carbocycles. The summed E-state index contributed by atoms with van der Waals surface area (Å²) >= 11 is 0. The number of hydrogen-bond donors (Lipinski definition) is 3. The Labute approximate surface area is 96.4 Å². The summed E-state index contributed by atoms with van der Waals surface area (Å²) in [7, 11) is 0. The lowest BCUT2D eigenvalue weighted by molar-refractivity contribution is -0.149. The van der Waals surface area contributed by atoms with Gasteiger partial charge in [-0.05, 0) is 19.3 Å². The van der Waals surface area contributed by atoms with Gasteiger partial charge >= 0.3 is 5.97 Å². The number of carbonyl (C=O) groups is 2. The van der Waals surface area contributed by atoms with Crippen LogP contribution in [-0.2, 0) is 9.59 Å². The van der Waals surface area contributed by atoms with Gasteiger partial charge in [-0.1, -0.05) is 20.8 Å². The van der Waals surface area contributed by atoms with Crippen LogP contribution in [0, 0.1) is 5.41 Å². The van der Waals surface area contributed by atoms with Crippen LogP contribution in [0.4, 0.5) is 0 Å². The molecule has 1 unspecified atom stereocenters. The largest absolute Gasteiger partial charge is 0.481 e. The van der Waals surface area contributed by atoms with E-state index in [1.807, 2.05) is 20.8 Å². The molecule has 0 bridgehead atoms. The van der Waals surface area contributed by atoms with Crippen LogP contribution in [0.2, 0.25) is 0 Å². The molecule has 0 saturated carbocycles. The first-order valence-corrected chi connectivity index (χ1v) is 5.70. The molecule has 0 saturated heterocycles. The van der Waals surface area contributed by atoms with Crippen molar-refractivity contribution in [1.29, 1.82) is 0 Å². The molecule has 0 aliphatic rings. The molecule has 0 aliphatic heterocycles. The fourth-order valence-corrected chi connectivity index (χ4v) is 1.45. The molecule has 0 aromatic heterocycles. The van der Waals surface area contributed by atoms with E-state index >= 15 is 0 Å². The Kier molecular flexibility index (Phi) is 6.03. The van der Waals surface area contributed by atoms with Crippen molar-refractivity contribution >= 4 is 11.9 Å². The van der Waals surface area contributed by atoms with Crippen LogP contribution in [0.15, 0.2) is 0 Å². The predicted molar refractivity (Wildman–Crippen MR) is 61.9 cm³/mol. The van der Waals surface area contributed by atoms with E-state index in [-0.39, 0.29) is 12.5 Å². The first-order valence-electron chi connectivity index (χ1n) is 5.70. The molecule has 1 amide bonds. The van der Waals surface area contributed by atoms with E-state index in [4.69, 9.17) is 10.8 Å². The molecule has 0 fully saturated rings. The van der Waals surface area contributed by atoms with Crippen molar-refractivity contribution in [3.63, 3.8) is 0 Å². The van der Waals surface area contributed by atoms with Gasteiger partial charge in [-0.2, -0.15) is 0 Å². The molecule has 0 aromatic carbocycles. The number of aliphatic carboxylic acids is 1. The SMILES string of the molecule is CCC(N)C(=O)NCC(CC)(CC)C(=O)O. The minimum atomic E-state index is -0.872. The van der Waals surface area contributed by atoms with Gasteiger partial charge in [-0.3, -0.25) is 9.59 Å². The molecule has 16 heavy (non-hydrogen) atoms. The zero-order chi connectivity index (χ0) is 12.8. The summed E-state index contributed by atoms with van der Waals surface area (Å²) in [5.74, 6) is -1.15. The number of carbonyl (C=O) groups excluding carboxylic acids is 1. The van der Waals surface area contributed by atoms with Gasteiger partial charge in [0.2, 0.25) is 5.91 Å². The monoisotopic (exact) mass is 230 g/mol. The van der Waals surface area contributed by atoms with E-state index in [0.717, 1.165) is 0 Å². The molecular formula is C11H22N2O3. The predicted octanol–water partition coefficient (Wildman–Crippen LogP) is 0.731.